The van der Waals surface area contributed by atoms with Crippen molar-refractivity contribution in [3.05, 3.63) is 0 Å². The number of hydrogen-bond donors (Lipinski definition) is 1. The Balaban J connectivity index is 2.67. The average Bonchev–Trinajstić information content (AvgIpc) is 2.65. The zero-order valence-electron chi connectivity index (χ0n) is 7.66. The van der Waals surface area contributed by atoms with Gasteiger partial charge in [-0.2, -0.15) is 0 Å². The van der Waals surface area contributed by atoms with Crippen molar-refractivity contribution in [2.24, 2.45) is 11.7 Å². The zero-order valence-corrected chi connectivity index (χ0v) is 8.47. The molecule has 1 aliphatic carbocycles. The predicted octanol–water partition coefficient (Wildman–Crippen LogP) is 0.547. The van der Waals surface area contributed by atoms with Crippen molar-refractivity contribution in [3.63, 3.8) is 0 Å². The van der Waals surface area contributed by atoms with Crippen LogP contribution in [0, 0.1) is 5.92 Å². The molecule has 2 N–H and O–H groups in total. The zero-order chi connectivity index (χ0) is 9.35. The van der Waals surface area contributed by atoms with Gasteiger partial charge in [-0.1, -0.05) is 6.92 Å². The molecule has 4 heteroatoms. The summed E-state index contributed by atoms with van der Waals surface area (Å²) >= 11 is 0. The molecule has 0 aromatic rings. The lowest BCUT2D eigenvalue weighted by Crippen LogP contribution is -2.41. The molecule has 1 fully saturated rings. The number of nitrogens with two attached hydrogens (primary N) is 1. The lowest BCUT2D eigenvalue weighted by Gasteiger charge is -2.20. The van der Waals surface area contributed by atoms with Crippen LogP contribution in [0.25, 0.3) is 0 Å². The molecule has 0 aliphatic heterocycles. The first kappa shape index (κ1) is 9.99. The molecular weight excluding hydrogens is 174 g/mol. The molecule has 12 heavy (non-hydrogen) atoms. The van der Waals surface area contributed by atoms with E-state index in [4.69, 9.17) is 5.73 Å². The van der Waals surface area contributed by atoms with Crippen LogP contribution < -0.4 is 5.73 Å². The summed E-state index contributed by atoms with van der Waals surface area (Å²) in [4.78, 5) is 0. The second-order valence-corrected chi connectivity index (χ2v) is 5.96. The van der Waals surface area contributed by atoms with E-state index in [0.29, 0.717) is 12.3 Å². The van der Waals surface area contributed by atoms with Crippen LogP contribution in [0.15, 0.2) is 0 Å². The monoisotopic (exact) mass is 191 g/mol. The molecule has 0 aromatic heterocycles. The first-order valence-electron chi connectivity index (χ1n) is 4.41. The van der Waals surface area contributed by atoms with E-state index in [-0.39, 0.29) is 11.3 Å². The predicted molar refractivity (Wildman–Crippen MR) is 49.6 cm³/mol. The van der Waals surface area contributed by atoms with Crippen LogP contribution in [-0.4, -0.2) is 26.0 Å². The van der Waals surface area contributed by atoms with Crippen molar-refractivity contribution >= 4 is 9.84 Å². The van der Waals surface area contributed by atoms with Crippen molar-refractivity contribution < 1.29 is 8.42 Å². The molecule has 0 radical (unpaired) electrons. The molecule has 2 atom stereocenters. The molecule has 0 aromatic carbocycles. The smallest absolute Gasteiger partial charge is 0.151 e. The Kier molecular flexibility index (Phi) is 2.78. The van der Waals surface area contributed by atoms with Gasteiger partial charge in [0, 0.05) is 12.3 Å². The van der Waals surface area contributed by atoms with E-state index in [1.54, 1.807) is 0 Å². The van der Waals surface area contributed by atoms with E-state index in [2.05, 4.69) is 0 Å². The van der Waals surface area contributed by atoms with Crippen LogP contribution in [0.3, 0.4) is 0 Å². The third kappa shape index (κ3) is 2.20. The van der Waals surface area contributed by atoms with Gasteiger partial charge < -0.3 is 5.73 Å². The molecule has 72 valence electrons. The van der Waals surface area contributed by atoms with Gasteiger partial charge in [0.15, 0.2) is 9.84 Å². The fraction of sp³-hybridized carbons (Fsp3) is 1.00. The minimum Gasteiger partial charge on any atom is -0.326 e. The first-order valence-corrected chi connectivity index (χ1v) is 6.36. The standard InChI is InChI=1S/C8H17NO2S/c1-3-7(12(2,10)11)8(9)6-4-5-6/h6-8H,3-5,9H2,1-2H3/t7-,8+/m0/s1. The van der Waals surface area contributed by atoms with Gasteiger partial charge in [-0.3, -0.25) is 0 Å². The second kappa shape index (κ2) is 3.34. The summed E-state index contributed by atoms with van der Waals surface area (Å²) in [5.74, 6) is 0.463. The molecule has 0 heterocycles. The van der Waals surface area contributed by atoms with E-state index in [1.165, 1.54) is 6.26 Å². The van der Waals surface area contributed by atoms with Crippen LogP contribution >= 0.6 is 0 Å². The van der Waals surface area contributed by atoms with Crippen molar-refractivity contribution in [1.29, 1.82) is 0 Å². The summed E-state index contributed by atoms with van der Waals surface area (Å²) < 4.78 is 22.5. The maximum atomic E-state index is 11.3. The fourth-order valence-corrected chi connectivity index (χ4v) is 3.04. The van der Waals surface area contributed by atoms with E-state index >= 15 is 0 Å². The Bertz CT molecular complexity index is 244. The highest BCUT2D eigenvalue weighted by molar-refractivity contribution is 7.91. The molecule has 1 aliphatic rings. The summed E-state index contributed by atoms with van der Waals surface area (Å²) in [6.45, 7) is 1.88. The van der Waals surface area contributed by atoms with Gasteiger partial charge >= 0.3 is 0 Å². The Labute approximate surface area is 74.3 Å². The normalized spacial score (nSPS) is 23.6. The maximum absolute atomic E-state index is 11.3. The number of hydrogen-bond acceptors (Lipinski definition) is 3. The fourth-order valence-electron chi connectivity index (χ4n) is 1.65. The molecular formula is C8H17NO2S. The van der Waals surface area contributed by atoms with Gasteiger partial charge in [-0.15, -0.1) is 0 Å². The minimum atomic E-state index is -2.94. The van der Waals surface area contributed by atoms with Crippen molar-refractivity contribution in [1.82, 2.24) is 0 Å². The van der Waals surface area contributed by atoms with E-state index in [0.717, 1.165) is 12.8 Å². The van der Waals surface area contributed by atoms with Gasteiger partial charge in [-0.05, 0) is 25.2 Å². The molecule has 1 saturated carbocycles. The topological polar surface area (TPSA) is 60.2 Å². The van der Waals surface area contributed by atoms with Gasteiger partial charge in [0.2, 0.25) is 0 Å². The van der Waals surface area contributed by atoms with Crippen LogP contribution in [0.1, 0.15) is 26.2 Å². The number of rotatable bonds is 4. The van der Waals surface area contributed by atoms with Crippen LogP contribution in [-0.2, 0) is 9.84 Å². The van der Waals surface area contributed by atoms with Crippen molar-refractivity contribution in [2.75, 3.05) is 6.26 Å². The maximum Gasteiger partial charge on any atom is 0.151 e. The molecule has 0 spiro atoms. The largest absolute Gasteiger partial charge is 0.326 e. The highest BCUT2D eigenvalue weighted by atomic mass is 32.2. The third-order valence-corrected chi connectivity index (χ3v) is 4.30. The third-order valence-electron chi connectivity index (χ3n) is 2.55. The van der Waals surface area contributed by atoms with Crippen LogP contribution in [0.4, 0.5) is 0 Å². The van der Waals surface area contributed by atoms with Crippen molar-refractivity contribution in [3.8, 4) is 0 Å². The van der Waals surface area contributed by atoms with E-state index in [9.17, 15) is 8.42 Å². The Morgan fingerprint density at radius 3 is 2.25 bits per heavy atom. The van der Waals surface area contributed by atoms with Gasteiger partial charge in [0.05, 0.1) is 5.25 Å². The highest BCUT2D eigenvalue weighted by Gasteiger charge is 2.37. The lowest BCUT2D eigenvalue weighted by atomic mass is 10.1. The summed E-state index contributed by atoms with van der Waals surface area (Å²) in [5.41, 5.74) is 5.84. The molecule has 0 amide bonds. The molecule has 0 saturated heterocycles. The van der Waals surface area contributed by atoms with Crippen molar-refractivity contribution in [2.45, 2.75) is 37.5 Å². The Morgan fingerprint density at radius 1 is 1.50 bits per heavy atom. The molecule has 0 bridgehead atoms. The minimum absolute atomic E-state index is 0.134. The summed E-state index contributed by atoms with van der Waals surface area (Å²) in [7, 11) is -2.94. The van der Waals surface area contributed by atoms with Crippen LogP contribution in [0.5, 0.6) is 0 Å². The second-order valence-electron chi connectivity index (χ2n) is 3.69. The molecule has 3 nitrogen and oxygen atoms in total. The summed E-state index contributed by atoms with van der Waals surface area (Å²) in [6, 6.07) is -0.134. The van der Waals surface area contributed by atoms with E-state index in [1.807, 2.05) is 6.92 Å². The molecule has 1 rings (SSSR count). The lowest BCUT2D eigenvalue weighted by molar-refractivity contribution is 0.512. The van der Waals surface area contributed by atoms with Gasteiger partial charge in [-0.25, -0.2) is 8.42 Å². The highest BCUT2D eigenvalue weighted by Crippen LogP contribution is 2.34. The summed E-state index contributed by atoms with van der Waals surface area (Å²) in [6.07, 6.45) is 4.13. The Morgan fingerprint density at radius 2 is 2.00 bits per heavy atom. The van der Waals surface area contributed by atoms with Crippen LogP contribution in [0.2, 0.25) is 0 Å². The average molecular weight is 191 g/mol. The van der Waals surface area contributed by atoms with Gasteiger partial charge in [0.1, 0.15) is 0 Å². The molecule has 0 unspecified atom stereocenters. The first-order chi connectivity index (χ1) is 5.46. The quantitative estimate of drug-likeness (QED) is 0.706. The number of sulfone groups is 1. The summed E-state index contributed by atoms with van der Waals surface area (Å²) in [5, 5.41) is -0.329. The van der Waals surface area contributed by atoms with E-state index < -0.39 is 9.84 Å². The SMILES string of the molecule is CC[C@@H]([C@H](N)C1CC1)S(C)(=O)=O. The Hall–Kier alpha value is -0.0900. The van der Waals surface area contributed by atoms with Gasteiger partial charge in [0.25, 0.3) is 0 Å².